The third-order valence-electron chi connectivity index (χ3n) is 2.56. The molecule has 0 bridgehead atoms. The first-order chi connectivity index (χ1) is 8.20. The number of aromatic nitrogens is 1. The quantitative estimate of drug-likeness (QED) is 0.788. The van der Waals surface area contributed by atoms with Gasteiger partial charge in [-0.2, -0.15) is 5.26 Å². The summed E-state index contributed by atoms with van der Waals surface area (Å²) in [5, 5.41) is 9.19. The Morgan fingerprint density at radius 2 is 1.88 bits per heavy atom. The summed E-state index contributed by atoms with van der Waals surface area (Å²) in [7, 11) is 0. The van der Waals surface area contributed by atoms with Gasteiger partial charge in [-0.15, -0.1) is 0 Å². The lowest BCUT2D eigenvalue weighted by Gasteiger charge is -2.08. The zero-order chi connectivity index (χ0) is 12.3. The maximum Gasteiger partial charge on any atom is 0.123 e. The molecule has 2 aromatic rings. The maximum absolute atomic E-state index is 12.8. The Kier molecular flexibility index (Phi) is 3.15. The highest BCUT2D eigenvalue weighted by Crippen LogP contribution is 2.22. The van der Waals surface area contributed by atoms with E-state index in [1.807, 2.05) is 19.1 Å². The first-order valence-corrected chi connectivity index (χ1v) is 5.28. The normalized spacial score (nSPS) is 11.8. The highest BCUT2D eigenvalue weighted by molar-refractivity contribution is 5.35. The summed E-state index contributed by atoms with van der Waals surface area (Å²) in [6.45, 7) is 1.94. The number of hydrogen-bond donors (Lipinski definition) is 0. The molecule has 1 aromatic carbocycles. The van der Waals surface area contributed by atoms with Crippen LogP contribution in [0.5, 0.6) is 0 Å². The van der Waals surface area contributed by atoms with Crippen LogP contribution in [0.3, 0.4) is 0 Å². The summed E-state index contributed by atoms with van der Waals surface area (Å²) in [5.41, 5.74) is 2.49. The van der Waals surface area contributed by atoms with Gasteiger partial charge in [-0.1, -0.05) is 18.2 Å². The standard InChI is InChI=1S/C14H11FN2/c1-10-2-7-14(17-9-10)13(8-16)11-3-5-12(15)6-4-11/h2-7,9,13H,1H3. The number of nitriles is 1. The SMILES string of the molecule is Cc1ccc(C(C#N)c2ccc(F)cc2)nc1. The van der Waals surface area contributed by atoms with Crippen molar-refractivity contribution in [2.75, 3.05) is 0 Å². The van der Waals surface area contributed by atoms with E-state index in [0.717, 1.165) is 11.1 Å². The fourth-order valence-corrected chi connectivity index (χ4v) is 1.62. The van der Waals surface area contributed by atoms with E-state index in [9.17, 15) is 9.65 Å². The van der Waals surface area contributed by atoms with Crippen molar-refractivity contribution >= 4 is 0 Å². The number of nitrogens with zero attached hydrogens (tertiary/aromatic N) is 2. The molecule has 1 atom stereocenters. The number of rotatable bonds is 2. The van der Waals surface area contributed by atoms with Crippen molar-refractivity contribution in [2.45, 2.75) is 12.8 Å². The van der Waals surface area contributed by atoms with Crippen LogP contribution in [0.1, 0.15) is 22.7 Å². The second kappa shape index (κ2) is 4.75. The number of hydrogen-bond acceptors (Lipinski definition) is 2. The van der Waals surface area contributed by atoms with Crippen molar-refractivity contribution in [3.63, 3.8) is 0 Å². The molecule has 2 nitrogen and oxygen atoms in total. The number of benzene rings is 1. The van der Waals surface area contributed by atoms with Crippen molar-refractivity contribution in [1.29, 1.82) is 5.26 Å². The third kappa shape index (κ3) is 2.48. The molecule has 0 fully saturated rings. The minimum Gasteiger partial charge on any atom is -0.259 e. The molecule has 0 aliphatic heterocycles. The lowest BCUT2D eigenvalue weighted by atomic mass is 9.96. The Hall–Kier alpha value is -2.21. The van der Waals surface area contributed by atoms with Crippen LogP contribution in [-0.2, 0) is 0 Å². The van der Waals surface area contributed by atoms with Crippen molar-refractivity contribution in [2.24, 2.45) is 0 Å². The summed E-state index contributed by atoms with van der Waals surface area (Å²) in [5.74, 6) is -0.751. The van der Waals surface area contributed by atoms with E-state index >= 15 is 0 Å². The molecule has 0 saturated carbocycles. The first-order valence-electron chi connectivity index (χ1n) is 5.28. The molecule has 84 valence electrons. The highest BCUT2D eigenvalue weighted by atomic mass is 19.1. The largest absolute Gasteiger partial charge is 0.259 e. The molecule has 0 aliphatic carbocycles. The van der Waals surface area contributed by atoms with Gasteiger partial charge in [-0.25, -0.2) is 4.39 Å². The van der Waals surface area contributed by atoms with E-state index in [0.29, 0.717) is 5.69 Å². The molecular formula is C14H11FN2. The Morgan fingerprint density at radius 1 is 1.18 bits per heavy atom. The van der Waals surface area contributed by atoms with Crippen molar-refractivity contribution < 1.29 is 4.39 Å². The van der Waals surface area contributed by atoms with Gasteiger partial charge in [-0.3, -0.25) is 4.98 Å². The minimum atomic E-state index is -0.448. The predicted octanol–water partition coefficient (Wildman–Crippen LogP) is 3.18. The van der Waals surface area contributed by atoms with Crippen LogP contribution in [-0.4, -0.2) is 4.98 Å². The van der Waals surface area contributed by atoms with E-state index < -0.39 is 5.92 Å². The van der Waals surface area contributed by atoms with E-state index in [2.05, 4.69) is 11.1 Å². The monoisotopic (exact) mass is 226 g/mol. The molecular weight excluding hydrogens is 215 g/mol. The van der Waals surface area contributed by atoms with Crippen molar-refractivity contribution in [1.82, 2.24) is 4.98 Å². The second-order valence-corrected chi connectivity index (χ2v) is 3.87. The van der Waals surface area contributed by atoms with Gasteiger partial charge in [0.05, 0.1) is 11.8 Å². The minimum absolute atomic E-state index is 0.303. The van der Waals surface area contributed by atoms with E-state index in [1.54, 1.807) is 18.3 Å². The van der Waals surface area contributed by atoms with Gasteiger partial charge < -0.3 is 0 Å². The van der Waals surface area contributed by atoms with Crippen molar-refractivity contribution in [3.8, 4) is 6.07 Å². The molecule has 0 amide bonds. The molecule has 1 unspecified atom stereocenters. The molecule has 0 radical (unpaired) electrons. The Balaban J connectivity index is 2.37. The molecule has 0 saturated heterocycles. The average Bonchev–Trinajstić information content (AvgIpc) is 2.35. The van der Waals surface area contributed by atoms with Crippen LogP contribution in [0.25, 0.3) is 0 Å². The van der Waals surface area contributed by atoms with Gasteiger partial charge in [0.2, 0.25) is 0 Å². The van der Waals surface area contributed by atoms with Gasteiger partial charge >= 0.3 is 0 Å². The summed E-state index contributed by atoms with van der Waals surface area (Å²) in [6, 6.07) is 11.9. The van der Waals surface area contributed by atoms with Crippen LogP contribution in [0.4, 0.5) is 4.39 Å². The van der Waals surface area contributed by atoms with Gasteiger partial charge in [0.1, 0.15) is 11.7 Å². The van der Waals surface area contributed by atoms with Crippen molar-refractivity contribution in [3.05, 3.63) is 65.2 Å². The smallest absolute Gasteiger partial charge is 0.123 e. The predicted molar refractivity (Wildman–Crippen MR) is 62.8 cm³/mol. The number of pyridine rings is 1. The molecule has 0 N–H and O–H groups in total. The molecule has 0 aliphatic rings. The van der Waals surface area contributed by atoms with E-state index in [-0.39, 0.29) is 5.82 Å². The molecule has 0 spiro atoms. The molecule has 2 rings (SSSR count). The van der Waals surface area contributed by atoms with Gasteiger partial charge in [0.15, 0.2) is 0 Å². The lowest BCUT2D eigenvalue weighted by Crippen LogP contribution is -2.01. The summed E-state index contributed by atoms with van der Waals surface area (Å²) in [6.07, 6.45) is 1.73. The fourth-order valence-electron chi connectivity index (χ4n) is 1.62. The van der Waals surface area contributed by atoms with Gasteiger partial charge in [0, 0.05) is 6.20 Å². The van der Waals surface area contributed by atoms with Gasteiger partial charge in [-0.05, 0) is 36.2 Å². The van der Waals surface area contributed by atoms with E-state index in [1.165, 1.54) is 12.1 Å². The van der Waals surface area contributed by atoms with Crippen LogP contribution in [0, 0.1) is 24.1 Å². The topological polar surface area (TPSA) is 36.7 Å². The maximum atomic E-state index is 12.8. The summed E-state index contributed by atoms with van der Waals surface area (Å²) in [4.78, 5) is 4.23. The number of aryl methyl sites for hydroxylation is 1. The molecule has 3 heteroatoms. The zero-order valence-electron chi connectivity index (χ0n) is 9.39. The van der Waals surface area contributed by atoms with Crippen LogP contribution in [0.2, 0.25) is 0 Å². The summed E-state index contributed by atoms with van der Waals surface area (Å²) < 4.78 is 12.8. The van der Waals surface area contributed by atoms with E-state index in [4.69, 9.17) is 0 Å². The Morgan fingerprint density at radius 3 is 2.41 bits per heavy atom. The average molecular weight is 226 g/mol. The molecule has 1 heterocycles. The molecule has 17 heavy (non-hydrogen) atoms. The number of halogens is 1. The second-order valence-electron chi connectivity index (χ2n) is 3.87. The zero-order valence-corrected chi connectivity index (χ0v) is 9.39. The third-order valence-corrected chi connectivity index (χ3v) is 2.56. The van der Waals surface area contributed by atoms with Gasteiger partial charge in [0.25, 0.3) is 0 Å². The van der Waals surface area contributed by atoms with Crippen LogP contribution in [0.15, 0.2) is 42.6 Å². The summed E-state index contributed by atoms with van der Waals surface area (Å²) >= 11 is 0. The fraction of sp³-hybridized carbons (Fsp3) is 0.143. The van der Waals surface area contributed by atoms with Crippen LogP contribution < -0.4 is 0 Å². The van der Waals surface area contributed by atoms with Crippen LogP contribution >= 0.6 is 0 Å². The lowest BCUT2D eigenvalue weighted by molar-refractivity contribution is 0.627. The molecule has 1 aromatic heterocycles. The Labute approximate surface area is 99.4 Å². The Bertz CT molecular complexity index is 492. The first kappa shape index (κ1) is 11.3. The highest BCUT2D eigenvalue weighted by Gasteiger charge is 2.14.